The number of carbonyl (C=O) groups excluding carboxylic acids is 2. The summed E-state index contributed by atoms with van der Waals surface area (Å²) in [5, 5.41) is 0. The van der Waals surface area contributed by atoms with Gasteiger partial charge in [0.2, 0.25) is 5.91 Å². The lowest BCUT2D eigenvalue weighted by molar-refractivity contribution is -0.154. The Bertz CT molecular complexity index is 280. The van der Waals surface area contributed by atoms with Gasteiger partial charge in [0.25, 0.3) is 0 Å². The average molecular weight is 257 g/mol. The van der Waals surface area contributed by atoms with E-state index in [1.165, 1.54) is 7.11 Å². The minimum absolute atomic E-state index is 0.0322. The smallest absolute Gasteiger partial charge is 0.328 e. The van der Waals surface area contributed by atoms with E-state index in [0.717, 1.165) is 12.8 Å². The molecule has 0 saturated carbocycles. The number of ether oxygens (including phenoxy) is 2. The van der Waals surface area contributed by atoms with Gasteiger partial charge in [-0.25, -0.2) is 4.79 Å². The maximum atomic E-state index is 12.1. The van der Waals surface area contributed by atoms with Crippen LogP contribution in [0.1, 0.15) is 39.0 Å². The fourth-order valence-electron chi connectivity index (χ4n) is 2.22. The predicted octanol–water partition coefficient (Wildman–Crippen LogP) is 1.36. The van der Waals surface area contributed by atoms with Crippen molar-refractivity contribution in [1.82, 2.24) is 4.90 Å². The summed E-state index contributed by atoms with van der Waals surface area (Å²) in [6, 6.07) is -0.386. The molecule has 0 aliphatic carbocycles. The van der Waals surface area contributed by atoms with Gasteiger partial charge in [-0.15, -0.1) is 0 Å². The summed E-state index contributed by atoms with van der Waals surface area (Å²) in [5.74, 6) is -0.266. The van der Waals surface area contributed by atoms with Crippen LogP contribution in [0.4, 0.5) is 0 Å². The number of esters is 1. The first-order valence-electron chi connectivity index (χ1n) is 6.65. The zero-order chi connectivity index (χ0) is 13.4. The summed E-state index contributed by atoms with van der Waals surface area (Å²) in [7, 11) is 1.37. The van der Waals surface area contributed by atoms with E-state index in [1.54, 1.807) is 4.90 Å². The molecule has 0 spiro atoms. The Hall–Kier alpha value is -1.10. The van der Waals surface area contributed by atoms with Gasteiger partial charge in [-0.05, 0) is 32.6 Å². The molecule has 1 saturated heterocycles. The molecule has 0 unspecified atom stereocenters. The molecule has 1 aliphatic rings. The molecular formula is C13H23NO4. The van der Waals surface area contributed by atoms with Crippen LogP contribution < -0.4 is 0 Å². The van der Waals surface area contributed by atoms with E-state index in [2.05, 4.69) is 0 Å². The van der Waals surface area contributed by atoms with Gasteiger partial charge >= 0.3 is 5.97 Å². The first kappa shape index (κ1) is 15.0. The Morgan fingerprint density at radius 2 is 2.11 bits per heavy atom. The summed E-state index contributed by atoms with van der Waals surface area (Å²) in [4.78, 5) is 25.3. The van der Waals surface area contributed by atoms with E-state index in [4.69, 9.17) is 9.47 Å². The van der Waals surface area contributed by atoms with Crippen LogP contribution in [0.15, 0.2) is 0 Å². The zero-order valence-electron chi connectivity index (χ0n) is 11.3. The van der Waals surface area contributed by atoms with Crippen LogP contribution in [0.2, 0.25) is 0 Å². The molecule has 0 aromatic heterocycles. The molecule has 0 radical (unpaired) electrons. The maximum Gasteiger partial charge on any atom is 0.328 e. The minimum Gasteiger partial charge on any atom is -0.467 e. The van der Waals surface area contributed by atoms with Crippen LogP contribution in [0.5, 0.6) is 0 Å². The van der Waals surface area contributed by atoms with E-state index >= 15 is 0 Å². The van der Waals surface area contributed by atoms with Crippen molar-refractivity contribution in [2.24, 2.45) is 0 Å². The number of piperidine rings is 1. The lowest BCUT2D eigenvalue weighted by atomic mass is 10.0. The molecule has 5 nitrogen and oxygen atoms in total. The molecule has 1 amide bonds. The Labute approximate surface area is 108 Å². The number of methoxy groups -OCH3 is 1. The lowest BCUT2D eigenvalue weighted by Gasteiger charge is -2.33. The van der Waals surface area contributed by atoms with Gasteiger partial charge in [-0.1, -0.05) is 0 Å². The second kappa shape index (κ2) is 8.08. The molecule has 1 fully saturated rings. The third-order valence-corrected chi connectivity index (χ3v) is 3.18. The first-order valence-corrected chi connectivity index (χ1v) is 6.65. The van der Waals surface area contributed by atoms with Gasteiger partial charge in [-0.3, -0.25) is 4.79 Å². The molecule has 1 heterocycles. The summed E-state index contributed by atoms with van der Waals surface area (Å²) in [6.07, 6.45) is 3.79. The molecule has 18 heavy (non-hydrogen) atoms. The molecule has 0 bridgehead atoms. The molecule has 1 aliphatic heterocycles. The highest BCUT2D eigenvalue weighted by atomic mass is 16.5. The van der Waals surface area contributed by atoms with Crippen LogP contribution in [-0.4, -0.2) is 49.7 Å². The van der Waals surface area contributed by atoms with Crippen molar-refractivity contribution in [3.05, 3.63) is 0 Å². The van der Waals surface area contributed by atoms with Gasteiger partial charge in [0, 0.05) is 26.2 Å². The highest BCUT2D eigenvalue weighted by Crippen LogP contribution is 2.19. The van der Waals surface area contributed by atoms with Crippen LogP contribution in [0.25, 0.3) is 0 Å². The highest BCUT2D eigenvalue weighted by Gasteiger charge is 2.32. The topological polar surface area (TPSA) is 55.8 Å². The number of nitrogens with zero attached hydrogens (tertiary/aromatic N) is 1. The van der Waals surface area contributed by atoms with Crippen molar-refractivity contribution in [1.29, 1.82) is 0 Å². The Morgan fingerprint density at radius 3 is 2.78 bits per heavy atom. The van der Waals surface area contributed by atoms with Gasteiger partial charge in [0.05, 0.1) is 7.11 Å². The molecule has 0 N–H and O–H groups in total. The highest BCUT2D eigenvalue weighted by molar-refractivity contribution is 5.84. The number of hydrogen-bond acceptors (Lipinski definition) is 4. The molecular weight excluding hydrogens is 234 g/mol. The fraction of sp³-hybridized carbons (Fsp3) is 0.846. The van der Waals surface area contributed by atoms with Crippen LogP contribution in [-0.2, 0) is 19.1 Å². The molecule has 0 aromatic carbocycles. The Morgan fingerprint density at radius 1 is 1.33 bits per heavy atom. The lowest BCUT2D eigenvalue weighted by Crippen LogP contribution is -2.48. The van der Waals surface area contributed by atoms with E-state index in [1.807, 2.05) is 6.92 Å². The fourth-order valence-corrected chi connectivity index (χ4v) is 2.22. The van der Waals surface area contributed by atoms with Crippen LogP contribution in [0.3, 0.4) is 0 Å². The third-order valence-electron chi connectivity index (χ3n) is 3.18. The maximum absolute atomic E-state index is 12.1. The quantitative estimate of drug-likeness (QED) is 0.532. The van der Waals surface area contributed by atoms with Crippen LogP contribution >= 0.6 is 0 Å². The predicted molar refractivity (Wildman–Crippen MR) is 67.1 cm³/mol. The van der Waals surface area contributed by atoms with Crippen LogP contribution in [0, 0.1) is 0 Å². The molecule has 1 rings (SSSR count). The second-order valence-electron chi connectivity index (χ2n) is 4.42. The second-order valence-corrected chi connectivity index (χ2v) is 4.42. The van der Waals surface area contributed by atoms with E-state index in [9.17, 15) is 9.59 Å². The molecule has 104 valence electrons. The molecule has 5 heteroatoms. The molecule has 0 aromatic rings. The van der Waals surface area contributed by atoms with Crippen molar-refractivity contribution in [2.45, 2.75) is 45.1 Å². The van der Waals surface area contributed by atoms with Crippen molar-refractivity contribution in [3.8, 4) is 0 Å². The number of rotatable bonds is 6. The summed E-state index contributed by atoms with van der Waals surface area (Å²) in [6.45, 7) is 3.86. The summed E-state index contributed by atoms with van der Waals surface area (Å²) >= 11 is 0. The van der Waals surface area contributed by atoms with Gasteiger partial charge in [-0.2, -0.15) is 0 Å². The number of amides is 1. The van der Waals surface area contributed by atoms with E-state index in [-0.39, 0.29) is 17.9 Å². The van der Waals surface area contributed by atoms with E-state index < -0.39 is 0 Å². The van der Waals surface area contributed by atoms with Gasteiger partial charge in [0.1, 0.15) is 6.04 Å². The number of likely N-dealkylation sites (tertiary alicyclic amines) is 1. The first-order chi connectivity index (χ1) is 8.70. The Kier molecular flexibility index (Phi) is 6.72. The summed E-state index contributed by atoms with van der Waals surface area (Å²) < 4.78 is 9.96. The average Bonchev–Trinajstić information content (AvgIpc) is 2.42. The van der Waals surface area contributed by atoms with Gasteiger partial charge < -0.3 is 14.4 Å². The van der Waals surface area contributed by atoms with Crippen molar-refractivity contribution < 1.29 is 19.1 Å². The van der Waals surface area contributed by atoms with Crippen molar-refractivity contribution >= 4 is 11.9 Å². The third kappa shape index (κ3) is 4.29. The summed E-state index contributed by atoms with van der Waals surface area (Å²) in [5.41, 5.74) is 0. The SMILES string of the molecule is CCOCCCC(=O)N1CCCC[C@@H]1C(=O)OC. The zero-order valence-corrected chi connectivity index (χ0v) is 11.3. The Balaban J connectivity index is 2.44. The standard InChI is InChI=1S/C13H23NO4/c1-3-18-10-6-8-12(15)14-9-5-4-7-11(14)13(16)17-2/h11H,3-10H2,1-2H3/t11-/m1/s1. The minimum atomic E-state index is -0.386. The number of hydrogen-bond donors (Lipinski definition) is 0. The van der Waals surface area contributed by atoms with E-state index in [0.29, 0.717) is 39.0 Å². The monoisotopic (exact) mass is 257 g/mol. The normalized spacial score (nSPS) is 19.7. The van der Waals surface area contributed by atoms with Crippen molar-refractivity contribution in [3.63, 3.8) is 0 Å². The number of carbonyl (C=O) groups is 2. The largest absolute Gasteiger partial charge is 0.467 e. The molecule has 1 atom stereocenters. The van der Waals surface area contributed by atoms with Gasteiger partial charge in [0.15, 0.2) is 0 Å². The van der Waals surface area contributed by atoms with Crippen molar-refractivity contribution in [2.75, 3.05) is 26.9 Å².